The molecule has 28 heavy (non-hydrogen) atoms. The minimum Gasteiger partial charge on any atom is -0.395 e. The van der Waals surface area contributed by atoms with Gasteiger partial charge in [0, 0.05) is 31.1 Å². The van der Waals surface area contributed by atoms with Gasteiger partial charge in [0.15, 0.2) is 0 Å². The van der Waals surface area contributed by atoms with Crippen LogP contribution in [0.5, 0.6) is 0 Å². The zero-order valence-corrected chi connectivity index (χ0v) is 16.2. The van der Waals surface area contributed by atoms with Gasteiger partial charge in [-0.05, 0) is 54.6 Å². The normalized spacial score (nSPS) is 15.1. The van der Waals surface area contributed by atoms with E-state index in [2.05, 4.69) is 16.3 Å². The molecule has 5 nitrogen and oxygen atoms in total. The van der Waals surface area contributed by atoms with Gasteiger partial charge >= 0.3 is 0 Å². The average Bonchev–Trinajstić information content (AvgIpc) is 3.20. The van der Waals surface area contributed by atoms with E-state index in [1.165, 1.54) is 12.1 Å². The van der Waals surface area contributed by atoms with Gasteiger partial charge in [0.05, 0.1) is 28.2 Å². The molecule has 146 valence electrons. The Morgan fingerprint density at radius 3 is 2.71 bits per heavy atom. The lowest BCUT2D eigenvalue weighted by atomic mass is 9.95. The van der Waals surface area contributed by atoms with Crippen molar-refractivity contribution in [2.45, 2.75) is 12.8 Å². The van der Waals surface area contributed by atoms with Crippen LogP contribution in [0.25, 0.3) is 21.5 Å². The number of aliphatic hydroxyl groups excluding tert-OH is 1. The van der Waals surface area contributed by atoms with Crippen molar-refractivity contribution in [1.29, 1.82) is 0 Å². The van der Waals surface area contributed by atoms with E-state index in [1.54, 1.807) is 23.5 Å². The largest absolute Gasteiger partial charge is 0.395 e. The van der Waals surface area contributed by atoms with Gasteiger partial charge in [-0.2, -0.15) is 0 Å². The highest BCUT2D eigenvalue weighted by molar-refractivity contribution is 7.17. The Balaban J connectivity index is 1.58. The Morgan fingerprint density at radius 2 is 2.00 bits per heavy atom. The predicted molar refractivity (Wildman–Crippen MR) is 110 cm³/mol. The molecule has 1 aliphatic heterocycles. The molecule has 0 spiro atoms. The Morgan fingerprint density at radius 1 is 1.25 bits per heavy atom. The molecular formula is C21H22FN3O2S. The molecular weight excluding hydrogens is 377 g/mol. The third-order valence-corrected chi connectivity index (χ3v) is 6.08. The monoisotopic (exact) mass is 399 g/mol. The Bertz CT molecular complexity index is 965. The van der Waals surface area contributed by atoms with E-state index in [9.17, 15) is 9.18 Å². The van der Waals surface area contributed by atoms with Crippen LogP contribution in [0.3, 0.4) is 0 Å². The van der Waals surface area contributed by atoms with E-state index in [0.717, 1.165) is 53.1 Å². The van der Waals surface area contributed by atoms with Crippen molar-refractivity contribution < 1.29 is 14.3 Å². The highest BCUT2D eigenvalue weighted by Crippen LogP contribution is 2.36. The Kier molecular flexibility index (Phi) is 5.54. The highest BCUT2D eigenvalue weighted by Gasteiger charge is 2.26. The van der Waals surface area contributed by atoms with E-state index in [1.807, 2.05) is 11.4 Å². The number of amides is 1. The lowest BCUT2D eigenvalue weighted by Crippen LogP contribution is -2.41. The van der Waals surface area contributed by atoms with Gasteiger partial charge in [-0.3, -0.25) is 4.79 Å². The fraction of sp³-hybridized carbons (Fsp3) is 0.333. The smallest absolute Gasteiger partial charge is 0.223 e. The number of nitrogens with zero attached hydrogens (tertiary/aromatic N) is 2. The van der Waals surface area contributed by atoms with Crippen LogP contribution >= 0.6 is 11.3 Å². The summed E-state index contributed by atoms with van der Waals surface area (Å²) in [6, 6.07) is 10.5. The molecule has 3 heterocycles. The number of aromatic nitrogens is 1. The molecule has 2 aromatic heterocycles. The molecule has 0 radical (unpaired) electrons. The molecule has 0 aliphatic carbocycles. The number of carbonyl (C=O) groups excluding carboxylic acids is 1. The standard InChI is InChI=1S/C21H22FN3O2S/c22-16-3-1-14(2-4-16)18-13-19(20-17(24-18)7-12-28-20)25-9-5-15(6-10-25)21(27)23-8-11-26/h1-4,7,12-13,15,26H,5-6,8-11H2,(H,23,27). The second-order valence-corrected chi connectivity index (χ2v) is 7.86. The molecule has 0 bridgehead atoms. The first kappa shape index (κ1) is 18.8. The molecule has 0 saturated carbocycles. The summed E-state index contributed by atoms with van der Waals surface area (Å²) in [5.41, 5.74) is 3.76. The number of hydrogen-bond acceptors (Lipinski definition) is 5. The predicted octanol–water partition coefficient (Wildman–Crippen LogP) is 3.43. The fourth-order valence-corrected chi connectivity index (χ4v) is 4.52. The van der Waals surface area contributed by atoms with Crippen molar-refractivity contribution in [2.75, 3.05) is 31.1 Å². The molecule has 1 aliphatic rings. The maximum atomic E-state index is 13.3. The van der Waals surface area contributed by atoms with Crippen molar-refractivity contribution in [3.63, 3.8) is 0 Å². The lowest BCUT2D eigenvalue weighted by molar-refractivity contribution is -0.125. The van der Waals surface area contributed by atoms with E-state index >= 15 is 0 Å². The van der Waals surface area contributed by atoms with Gasteiger partial charge in [0.1, 0.15) is 5.82 Å². The molecule has 0 unspecified atom stereocenters. The van der Waals surface area contributed by atoms with Crippen LogP contribution in [0.2, 0.25) is 0 Å². The summed E-state index contributed by atoms with van der Waals surface area (Å²) in [7, 11) is 0. The average molecular weight is 399 g/mol. The zero-order valence-electron chi connectivity index (χ0n) is 15.4. The van der Waals surface area contributed by atoms with Crippen LogP contribution in [0.15, 0.2) is 41.8 Å². The first-order valence-corrected chi connectivity index (χ1v) is 10.3. The molecule has 2 N–H and O–H groups in total. The molecule has 0 atom stereocenters. The number of hydrogen-bond donors (Lipinski definition) is 2. The minimum atomic E-state index is -0.262. The molecule has 1 saturated heterocycles. The van der Waals surface area contributed by atoms with Crippen molar-refractivity contribution in [1.82, 2.24) is 10.3 Å². The van der Waals surface area contributed by atoms with Crippen molar-refractivity contribution >= 4 is 33.1 Å². The zero-order chi connectivity index (χ0) is 19.5. The first-order chi connectivity index (χ1) is 13.7. The highest BCUT2D eigenvalue weighted by atomic mass is 32.1. The number of halogens is 1. The molecule has 1 fully saturated rings. The van der Waals surface area contributed by atoms with E-state index < -0.39 is 0 Å². The van der Waals surface area contributed by atoms with Crippen LogP contribution in [0, 0.1) is 11.7 Å². The van der Waals surface area contributed by atoms with Gasteiger partial charge in [-0.1, -0.05) is 0 Å². The maximum absolute atomic E-state index is 13.3. The van der Waals surface area contributed by atoms with Gasteiger partial charge < -0.3 is 15.3 Å². The number of nitrogens with one attached hydrogen (secondary N) is 1. The minimum absolute atomic E-state index is 0.0139. The molecule has 7 heteroatoms. The van der Waals surface area contributed by atoms with Crippen LogP contribution < -0.4 is 10.2 Å². The summed E-state index contributed by atoms with van der Waals surface area (Å²) in [6.45, 7) is 1.85. The quantitative estimate of drug-likeness (QED) is 0.690. The summed E-state index contributed by atoms with van der Waals surface area (Å²) in [4.78, 5) is 19.2. The third-order valence-electron chi connectivity index (χ3n) is 5.15. The number of aliphatic hydroxyl groups is 1. The van der Waals surface area contributed by atoms with Crippen molar-refractivity contribution in [2.24, 2.45) is 5.92 Å². The number of anilines is 1. The van der Waals surface area contributed by atoms with Crippen molar-refractivity contribution in [3.8, 4) is 11.3 Å². The molecule has 1 aromatic carbocycles. The summed E-state index contributed by atoms with van der Waals surface area (Å²) in [6.07, 6.45) is 1.55. The van der Waals surface area contributed by atoms with E-state index in [4.69, 9.17) is 10.1 Å². The molecule has 4 rings (SSSR count). The third kappa shape index (κ3) is 3.86. The van der Waals surface area contributed by atoms with Crippen LogP contribution in [-0.2, 0) is 4.79 Å². The van der Waals surface area contributed by atoms with Crippen LogP contribution in [-0.4, -0.2) is 42.2 Å². The van der Waals surface area contributed by atoms with Gasteiger partial charge in [0.2, 0.25) is 5.91 Å². The van der Waals surface area contributed by atoms with Crippen LogP contribution in [0.1, 0.15) is 12.8 Å². The van der Waals surface area contributed by atoms with Crippen LogP contribution in [0.4, 0.5) is 10.1 Å². The maximum Gasteiger partial charge on any atom is 0.223 e. The summed E-state index contributed by atoms with van der Waals surface area (Å²) in [5, 5.41) is 13.7. The summed E-state index contributed by atoms with van der Waals surface area (Å²) >= 11 is 1.66. The Labute approximate surface area is 166 Å². The SMILES string of the molecule is O=C(NCCO)C1CCN(c2cc(-c3ccc(F)cc3)nc3ccsc23)CC1. The number of benzene rings is 1. The second-order valence-electron chi connectivity index (χ2n) is 6.94. The van der Waals surface area contributed by atoms with Crippen molar-refractivity contribution in [3.05, 3.63) is 47.6 Å². The topological polar surface area (TPSA) is 65.5 Å². The summed E-state index contributed by atoms with van der Waals surface area (Å²) < 4.78 is 14.4. The first-order valence-electron chi connectivity index (χ1n) is 9.43. The fourth-order valence-electron chi connectivity index (χ4n) is 3.65. The van der Waals surface area contributed by atoms with Gasteiger partial charge in [0.25, 0.3) is 0 Å². The van der Waals surface area contributed by atoms with Gasteiger partial charge in [-0.25, -0.2) is 9.37 Å². The number of thiophene rings is 1. The number of pyridine rings is 1. The Hall–Kier alpha value is -2.51. The van der Waals surface area contributed by atoms with E-state index in [0.29, 0.717) is 6.54 Å². The number of carbonyl (C=O) groups is 1. The van der Waals surface area contributed by atoms with E-state index in [-0.39, 0.29) is 24.2 Å². The van der Waals surface area contributed by atoms with Gasteiger partial charge in [-0.15, -0.1) is 11.3 Å². The number of fused-ring (bicyclic) bond motifs is 1. The lowest BCUT2D eigenvalue weighted by Gasteiger charge is -2.33. The molecule has 3 aromatic rings. The summed E-state index contributed by atoms with van der Waals surface area (Å²) in [5.74, 6) is -0.251. The molecule has 1 amide bonds. The number of rotatable bonds is 5. The number of piperidine rings is 1. The second kappa shape index (κ2) is 8.24.